The van der Waals surface area contributed by atoms with Gasteiger partial charge in [-0.1, -0.05) is 75.9 Å². The molecule has 0 aromatic heterocycles. The van der Waals surface area contributed by atoms with Gasteiger partial charge in [0.1, 0.15) is 0 Å². The van der Waals surface area contributed by atoms with Gasteiger partial charge in [0, 0.05) is 17.9 Å². The van der Waals surface area contributed by atoms with Crippen molar-refractivity contribution in [1.82, 2.24) is 0 Å². The summed E-state index contributed by atoms with van der Waals surface area (Å²) in [4.78, 5) is 0. The monoisotopic (exact) mass is 478 g/mol. The van der Waals surface area contributed by atoms with Crippen molar-refractivity contribution in [2.45, 2.75) is 0 Å². The molecule has 0 fully saturated rings. The van der Waals surface area contributed by atoms with Crippen molar-refractivity contribution in [3.8, 4) is 0 Å². The molecule has 86 valence electrons. The molecule has 2 aromatic rings. The number of hydrogen-bond donors (Lipinski definition) is 0. The molecular weight excluding hydrogens is 476 g/mol. The van der Waals surface area contributed by atoms with Gasteiger partial charge in [-0.15, -0.1) is 0 Å². The Hall–Kier alpha value is 0.360. The predicted molar refractivity (Wildman–Crippen MR) is 85.1 cm³/mol. The molecule has 0 aliphatic heterocycles. The Kier molecular flexibility index (Phi) is 4.87. The normalized spacial score (nSPS) is 10.6. The summed E-state index contributed by atoms with van der Waals surface area (Å²) >= 11 is 14.1. The Bertz CT molecular complexity index is 459. The highest BCUT2D eigenvalue weighted by atomic mass is 79.9. The summed E-state index contributed by atoms with van der Waals surface area (Å²) < 4.78 is 4.04. The van der Waals surface area contributed by atoms with E-state index in [4.69, 9.17) is 0 Å². The fraction of sp³-hybridized carbons (Fsp3) is 0. The Morgan fingerprint density at radius 2 is 0.882 bits per heavy atom. The highest BCUT2D eigenvalue weighted by molar-refractivity contribution is 9.11. The minimum absolute atomic E-state index is 1.00. The molecule has 4 heteroatoms. The summed E-state index contributed by atoms with van der Waals surface area (Å²) in [6.45, 7) is 0. The van der Waals surface area contributed by atoms with Crippen LogP contribution in [0.1, 0.15) is 11.1 Å². The first-order chi connectivity index (χ1) is 8.09. The maximum atomic E-state index is 3.53. The van der Waals surface area contributed by atoms with Crippen LogP contribution >= 0.6 is 63.7 Å². The third-order valence-corrected chi connectivity index (χ3v) is 4.82. The van der Waals surface area contributed by atoms with E-state index in [1.165, 1.54) is 0 Å². The van der Waals surface area contributed by atoms with E-state index in [9.17, 15) is 0 Å². The fourth-order valence-electron chi connectivity index (χ4n) is 1.36. The quantitative estimate of drug-likeness (QED) is 0.478. The second-order valence-electron chi connectivity index (χ2n) is 3.32. The predicted octanol–water partition coefficient (Wildman–Crippen LogP) is 6.21. The number of halogens is 4. The number of benzene rings is 2. The van der Waals surface area contributed by atoms with Gasteiger partial charge in [-0.25, -0.2) is 0 Å². The summed E-state index contributed by atoms with van der Waals surface area (Å²) in [7, 11) is 0. The van der Waals surface area contributed by atoms with Crippen LogP contribution in [0.15, 0.2) is 54.3 Å². The first-order valence-corrected chi connectivity index (χ1v) is 7.92. The zero-order chi connectivity index (χ0) is 12.4. The number of hydrogen-bond acceptors (Lipinski definition) is 0. The van der Waals surface area contributed by atoms with Crippen LogP contribution in [0.5, 0.6) is 0 Å². The van der Waals surface area contributed by atoms with E-state index < -0.39 is 0 Å². The van der Waals surface area contributed by atoms with Crippen molar-refractivity contribution >= 4 is 63.7 Å². The zero-order valence-electron chi connectivity index (χ0n) is 8.48. The highest BCUT2D eigenvalue weighted by Gasteiger charge is 2.11. The van der Waals surface area contributed by atoms with Crippen LogP contribution in [0.2, 0.25) is 0 Å². The van der Waals surface area contributed by atoms with Crippen molar-refractivity contribution < 1.29 is 0 Å². The molecule has 0 heterocycles. The molecule has 0 aliphatic rings. The van der Waals surface area contributed by atoms with Crippen molar-refractivity contribution in [3.63, 3.8) is 0 Å². The molecule has 0 bridgehead atoms. The molecule has 17 heavy (non-hydrogen) atoms. The van der Waals surface area contributed by atoms with Gasteiger partial charge in [0.2, 0.25) is 0 Å². The van der Waals surface area contributed by atoms with Crippen LogP contribution in [0, 0.1) is 6.42 Å². The van der Waals surface area contributed by atoms with E-state index in [1.807, 2.05) is 36.4 Å². The van der Waals surface area contributed by atoms with E-state index in [1.54, 1.807) is 0 Å². The Balaban J connectivity index is 2.45. The topological polar surface area (TPSA) is 0 Å². The van der Waals surface area contributed by atoms with Gasteiger partial charge >= 0.3 is 0 Å². The second-order valence-corrected chi connectivity index (χ2v) is 6.74. The molecule has 0 amide bonds. The zero-order valence-corrected chi connectivity index (χ0v) is 14.8. The van der Waals surface area contributed by atoms with E-state index in [2.05, 4.69) is 70.1 Å². The fourth-order valence-corrected chi connectivity index (χ4v) is 3.75. The minimum atomic E-state index is 1.00. The van der Waals surface area contributed by atoms with Gasteiger partial charge < -0.3 is 0 Å². The summed E-state index contributed by atoms with van der Waals surface area (Å²) in [5, 5.41) is 0. The maximum Gasteiger partial charge on any atom is 0.0549 e. The maximum absolute atomic E-state index is 3.53. The second kappa shape index (κ2) is 6.00. The highest BCUT2D eigenvalue weighted by Crippen LogP contribution is 2.34. The van der Waals surface area contributed by atoms with E-state index in [0.29, 0.717) is 0 Å². The number of rotatable bonds is 2. The van der Waals surface area contributed by atoms with Gasteiger partial charge in [0.05, 0.1) is 6.42 Å². The van der Waals surface area contributed by atoms with Crippen molar-refractivity contribution in [2.75, 3.05) is 0 Å². The lowest BCUT2D eigenvalue weighted by Gasteiger charge is -2.09. The molecule has 0 unspecified atom stereocenters. The van der Waals surface area contributed by atoms with Gasteiger partial charge in [-0.3, -0.25) is 0 Å². The Labute approximate surface area is 134 Å². The van der Waals surface area contributed by atoms with E-state index >= 15 is 0 Å². The van der Waals surface area contributed by atoms with E-state index in [0.717, 1.165) is 29.0 Å². The Morgan fingerprint density at radius 3 is 1.18 bits per heavy atom. The largest absolute Gasteiger partial charge is 0.0600 e. The van der Waals surface area contributed by atoms with Crippen LogP contribution in [0.25, 0.3) is 0 Å². The average molecular weight is 482 g/mol. The van der Waals surface area contributed by atoms with E-state index in [-0.39, 0.29) is 0 Å². The third kappa shape index (κ3) is 3.22. The van der Waals surface area contributed by atoms with Gasteiger partial charge in [0.15, 0.2) is 0 Å². The van der Waals surface area contributed by atoms with Gasteiger partial charge in [0.25, 0.3) is 0 Å². The van der Waals surface area contributed by atoms with Crippen molar-refractivity contribution in [2.24, 2.45) is 0 Å². The molecule has 0 spiro atoms. The molecule has 0 atom stereocenters. The molecule has 0 nitrogen and oxygen atoms in total. The Morgan fingerprint density at radius 1 is 0.588 bits per heavy atom. The van der Waals surface area contributed by atoms with Crippen LogP contribution in [0.4, 0.5) is 0 Å². The summed E-state index contributed by atoms with van der Waals surface area (Å²) in [5.74, 6) is 0. The SMILES string of the molecule is Brc1cccc(Br)c1[C]c1c(Br)cccc1Br. The van der Waals surface area contributed by atoms with Gasteiger partial charge in [-0.05, 0) is 35.4 Å². The lowest BCUT2D eigenvalue weighted by atomic mass is 10.1. The molecule has 0 saturated carbocycles. The summed E-state index contributed by atoms with van der Waals surface area (Å²) in [6.07, 6.45) is 3.39. The molecule has 2 radical (unpaired) electrons. The molecule has 0 N–H and O–H groups in total. The van der Waals surface area contributed by atoms with Crippen LogP contribution in [-0.4, -0.2) is 0 Å². The van der Waals surface area contributed by atoms with Crippen molar-refractivity contribution in [3.05, 3.63) is 71.8 Å². The summed E-state index contributed by atoms with van der Waals surface area (Å²) in [5.41, 5.74) is 2.00. The van der Waals surface area contributed by atoms with Crippen LogP contribution in [-0.2, 0) is 0 Å². The molecule has 0 saturated heterocycles. The lowest BCUT2D eigenvalue weighted by molar-refractivity contribution is 1.35. The molecule has 2 aromatic carbocycles. The average Bonchev–Trinajstić information content (AvgIpc) is 2.27. The first-order valence-electron chi connectivity index (χ1n) is 4.74. The molecule has 0 aliphatic carbocycles. The smallest absolute Gasteiger partial charge is 0.0549 e. The van der Waals surface area contributed by atoms with Crippen molar-refractivity contribution in [1.29, 1.82) is 0 Å². The third-order valence-electron chi connectivity index (χ3n) is 2.18. The standard InChI is InChI=1S/C13H6Br4/c14-10-3-1-4-11(15)8(10)7-9-12(16)5-2-6-13(9)17/h1-6H. The van der Waals surface area contributed by atoms with Crippen LogP contribution in [0.3, 0.4) is 0 Å². The van der Waals surface area contributed by atoms with Crippen LogP contribution < -0.4 is 0 Å². The summed E-state index contributed by atoms with van der Waals surface area (Å²) in [6, 6.07) is 12.0. The lowest BCUT2D eigenvalue weighted by Crippen LogP contribution is -1.91. The first kappa shape index (κ1) is 13.8. The molecule has 2 rings (SSSR count). The molecular formula is C13H6Br4. The minimum Gasteiger partial charge on any atom is -0.0600 e. The van der Waals surface area contributed by atoms with Gasteiger partial charge in [-0.2, -0.15) is 0 Å².